The molecule has 8 heteroatoms. The first-order chi connectivity index (χ1) is 17.9. The Labute approximate surface area is 222 Å². The zero-order valence-corrected chi connectivity index (χ0v) is 21.9. The molecule has 4 aromatic carbocycles. The SMILES string of the molecule is CCOc1ccc(S(=O)(=O)N(Cc2ccccc2)Cc2ccccc2)cc1NC(=O)c1cccc(Cl)c1. The van der Waals surface area contributed by atoms with E-state index in [1.54, 1.807) is 30.3 Å². The van der Waals surface area contributed by atoms with Gasteiger partial charge in [0.1, 0.15) is 5.75 Å². The predicted octanol–water partition coefficient (Wildman–Crippen LogP) is 6.38. The standard InChI is InChI=1S/C29H27ClN2O4S/c1-2-36-28-17-16-26(19-27(28)31-29(33)24-14-9-15-25(30)18-24)37(34,35)32(20-22-10-5-3-6-11-22)21-23-12-7-4-8-13-23/h3-19H,2,20-21H2,1H3,(H,31,33). The number of anilines is 1. The highest BCUT2D eigenvalue weighted by molar-refractivity contribution is 7.89. The number of ether oxygens (including phenoxy) is 1. The molecule has 0 saturated carbocycles. The first-order valence-corrected chi connectivity index (χ1v) is 13.6. The third-order valence-electron chi connectivity index (χ3n) is 5.63. The van der Waals surface area contributed by atoms with Crippen LogP contribution >= 0.6 is 11.6 Å². The van der Waals surface area contributed by atoms with Crippen molar-refractivity contribution in [2.45, 2.75) is 24.9 Å². The minimum Gasteiger partial charge on any atom is -0.492 e. The van der Waals surface area contributed by atoms with Crippen molar-refractivity contribution in [3.63, 3.8) is 0 Å². The predicted molar refractivity (Wildman–Crippen MR) is 146 cm³/mol. The largest absolute Gasteiger partial charge is 0.492 e. The zero-order chi connectivity index (χ0) is 26.3. The summed E-state index contributed by atoms with van der Waals surface area (Å²) >= 11 is 6.04. The first kappa shape index (κ1) is 26.4. The van der Waals surface area contributed by atoms with Crippen LogP contribution in [0.2, 0.25) is 5.02 Å². The zero-order valence-electron chi connectivity index (χ0n) is 20.3. The molecule has 0 unspecified atom stereocenters. The highest BCUT2D eigenvalue weighted by Crippen LogP contribution is 2.31. The number of nitrogens with zero attached hydrogens (tertiary/aromatic N) is 1. The van der Waals surface area contributed by atoms with Crippen molar-refractivity contribution >= 4 is 33.2 Å². The summed E-state index contributed by atoms with van der Waals surface area (Å²) in [5.41, 5.74) is 2.33. The smallest absolute Gasteiger partial charge is 0.255 e. The first-order valence-electron chi connectivity index (χ1n) is 11.8. The molecule has 6 nitrogen and oxygen atoms in total. The van der Waals surface area contributed by atoms with E-state index in [1.165, 1.54) is 16.4 Å². The summed E-state index contributed by atoms with van der Waals surface area (Å²) in [6.07, 6.45) is 0. The Morgan fingerprint density at radius 3 is 2.03 bits per heavy atom. The summed E-state index contributed by atoms with van der Waals surface area (Å²) < 4.78 is 34.9. The van der Waals surface area contributed by atoms with Gasteiger partial charge in [0.2, 0.25) is 10.0 Å². The van der Waals surface area contributed by atoms with E-state index in [-0.39, 0.29) is 23.7 Å². The lowest BCUT2D eigenvalue weighted by Crippen LogP contribution is -2.30. The minimum atomic E-state index is -3.95. The molecule has 0 heterocycles. The second-order valence-corrected chi connectivity index (χ2v) is 10.7. The number of hydrogen-bond donors (Lipinski definition) is 1. The summed E-state index contributed by atoms with van der Waals surface area (Å²) in [6, 6.07) is 29.9. The topological polar surface area (TPSA) is 75.7 Å². The Kier molecular flexibility index (Phi) is 8.61. The monoisotopic (exact) mass is 534 g/mol. The average molecular weight is 535 g/mol. The van der Waals surface area contributed by atoms with Crippen LogP contribution in [0.15, 0.2) is 108 Å². The number of rotatable bonds is 10. The summed E-state index contributed by atoms with van der Waals surface area (Å²) in [4.78, 5) is 13.0. The molecule has 1 amide bonds. The fraction of sp³-hybridized carbons (Fsp3) is 0.138. The average Bonchev–Trinajstić information content (AvgIpc) is 2.90. The van der Waals surface area contributed by atoms with E-state index in [2.05, 4.69) is 5.32 Å². The maximum absolute atomic E-state index is 13.9. The van der Waals surface area contributed by atoms with Gasteiger partial charge in [-0.15, -0.1) is 0 Å². The summed E-state index contributed by atoms with van der Waals surface area (Å²) in [6.45, 7) is 2.54. The van der Waals surface area contributed by atoms with Crippen molar-refractivity contribution in [2.75, 3.05) is 11.9 Å². The van der Waals surface area contributed by atoms with E-state index < -0.39 is 15.9 Å². The van der Waals surface area contributed by atoms with Gasteiger partial charge >= 0.3 is 0 Å². The molecule has 0 fully saturated rings. The number of carbonyl (C=O) groups excluding carboxylic acids is 1. The Morgan fingerprint density at radius 1 is 0.838 bits per heavy atom. The maximum atomic E-state index is 13.9. The van der Waals surface area contributed by atoms with Crippen molar-refractivity contribution in [2.24, 2.45) is 0 Å². The summed E-state index contributed by atoms with van der Waals surface area (Å²) in [5.74, 6) is -0.0575. The van der Waals surface area contributed by atoms with Gasteiger partial charge in [-0.25, -0.2) is 8.42 Å². The van der Waals surface area contributed by atoms with E-state index in [9.17, 15) is 13.2 Å². The van der Waals surface area contributed by atoms with E-state index in [0.717, 1.165) is 11.1 Å². The summed E-state index contributed by atoms with van der Waals surface area (Å²) in [7, 11) is -3.95. The molecule has 0 aliphatic carbocycles. The van der Waals surface area contributed by atoms with Gasteiger partial charge in [-0.3, -0.25) is 4.79 Å². The maximum Gasteiger partial charge on any atom is 0.255 e. The molecule has 0 aliphatic heterocycles. The molecule has 4 rings (SSSR count). The van der Waals surface area contributed by atoms with E-state index in [1.807, 2.05) is 67.6 Å². The van der Waals surface area contributed by atoms with Crippen LogP contribution in [0.5, 0.6) is 5.75 Å². The Hall–Kier alpha value is -3.65. The van der Waals surface area contributed by atoms with Crippen molar-refractivity contribution in [1.82, 2.24) is 4.31 Å². The van der Waals surface area contributed by atoms with Gasteiger partial charge in [0, 0.05) is 23.7 Å². The minimum absolute atomic E-state index is 0.0456. The quantitative estimate of drug-likeness (QED) is 0.256. The van der Waals surface area contributed by atoms with Gasteiger partial charge in [-0.2, -0.15) is 4.31 Å². The Balaban J connectivity index is 1.70. The van der Waals surface area contributed by atoms with Crippen molar-refractivity contribution in [1.29, 1.82) is 0 Å². The number of halogens is 1. The van der Waals surface area contributed by atoms with Gasteiger partial charge in [0.15, 0.2) is 0 Å². The number of benzene rings is 4. The van der Waals surface area contributed by atoms with Gasteiger partial charge in [-0.1, -0.05) is 78.3 Å². The van der Waals surface area contributed by atoms with Crippen LogP contribution in [-0.4, -0.2) is 25.2 Å². The lowest BCUT2D eigenvalue weighted by molar-refractivity contribution is 0.102. The van der Waals surface area contributed by atoms with Gasteiger partial charge in [0.25, 0.3) is 5.91 Å². The van der Waals surface area contributed by atoms with E-state index in [0.29, 0.717) is 22.9 Å². The van der Waals surface area contributed by atoms with Crippen molar-refractivity contribution in [3.8, 4) is 5.75 Å². The number of hydrogen-bond acceptors (Lipinski definition) is 4. The highest BCUT2D eigenvalue weighted by atomic mass is 35.5. The number of amides is 1. The van der Waals surface area contributed by atoms with Crippen LogP contribution in [0.1, 0.15) is 28.4 Å². The third kappa shape index (κ3) is 6.77. The van der Waals surface area contributed by atoms with Crippen LogP contribution in [0, 0.1) is 0 Å². The molecule has 0 aliphatic rings. The van der Waals surface area contributed by atoms with E-state index in [4.69, 9.17) is 16.3 Å². The van der Waals surface area contributed by atoms with Gasteiger partial charge in [-0.05, 0) is 54.4 Å². The number of carbonyl (C=O) groups is 1. The third-order valence-corrected chi connectivity index (χ3v) is 7.65. The molecule has 0 aromatic heterocycles. The molecule has 0 bridgehead atoms. The van der Waals surface area contributed by atoms with Crippen LogP contribution in [0.4, 0.5) is 5.69 Å². The van der Waals surface area contributed by atoms with Crippen molar-refractivity contribution in [3.05, 3.63) is 125 Å². The molecule has 190 valence electrons. The number of nitrogens with one attached hydrogen (secondary N) is 1. The van der Waals surface area contributed by atoms with Crippen LogP contribution < -0.4 is 10.1 Å². The lowest BCUT2D eigenvalue weighted by atomic mass is 10.2. The molecular weight excluding hydrogens is 508 g/mol. The van der Waals surface area contributed by atoms with Gasteiger partial charge in [0.05, 0.1) is 17.2 Å². The molecular formula is C29H27ClN2O4S. The van der Waals surface area contributed by atoms with Crippen molar-refractivity contribution < 1.29 is 17.9 Å². The van der Waals surface area contributed by atoms with Crippen LogP contribution in [0.3, 0.4) is 0 Å². The fourth-order valence-corrected chi connectivity index (χ4v) is 5.46. The van der Waals surface area contributed by atoms with Crippen LogP contribution in [0.25, 0.3) is 0 Å². The second-order valence-electron chi connectivity index (χ2n) is 8.30. The summed E-state index contributed by atoms with van der Waals surface area (Å²) in [5, 5.41) is 3.21. The van der Waals surface area contributed by atoms with Gasteiger partial charge < -0.3 is 10.1 Å². The normalized spacial score (nSPS) is 11.3. The highest BCUT2D eigenvalue weighted by Gasteiger charge is 2.26. The number of sulfonamides is 1. The molecule has 0 spiro atoms. The fourth-order valence-electron chi connectivity index (χ4n) is 3.82. The molecule has 4 aromatic rings. The molecule has 0 saturated heterocycles. The molecule has 0 radical (unpaired) electrons. The lowest BCUT2D eigenvalue weighted by Gasteiger charge is -2.23. The molecule has 37 heavy (non-hydrogen) atoms. The van der Waals surface area contributed by atoms with E-state index >= 15 is 0 Å². The molecule has 0 atom stereocenters. The second kappa shape index (κ2) is 12.1. The molecule has 1 N–H and O–H groups in total. The Bertz CT molecular complexity index is 1420. The Morgan fingerprint density at radius 2 is 1.46 bits per heavy atom. The van der Waals surface area contributed by atoms with Crippen LogP contribution in [-0.2, 0) is 23.1 Å².